The number of hydrogen-bond acceptors (Lipinski definition) is 3. The molecule has 0 fully saturated rings. The average Bonchev–Trinajstić information content (AvgIpc) is 2.92. The van der Waals surface area contributed by atoms with Crippen LogP contribution in [0.1, 0.15) is 30.0 Å². The van der Waals surface area contributed by atoms with Gasteiger partial charge in [-0.15, -0.1) is 0 Å². The fourth-order valence-corrected chi connectivity index (χ4v) is 2.97. The molecule has 1 aromatic carbocycles. The molecule has 1 aromatic heterocycles. The van der Waals surface area contributed by atoms with Crippen LogP contribution in [-0.4, -0.2) is 18.5 Å². The third-order valence-electron chi connectivity index (χ3n) is 3.23. The molecule has 2 rings (SSSR count). The van der Waals surface area contributed by atoms with Crippen LogP contribution in [0.15, 0.2) is 41.1 Å². The van der Waals surface area contributed by atoms with Gasteiger partial charge in [0.1, 0.15) is 0 Å². The third-order valence-corrected chi connectivity index (χ3v) is 3.96. The first-order chi connectivity index (χ1) is 9.78. The monoisotopic (exact) mass is 288 g/mol. The molecule has 0 radical (unpaired) electrons. The highest BCUT2D eigenvalue weighted by Crippen LogP contribution is 2.12. The van der Waals surface area contributed by atoms with E-state index in [1.165, 1.54) is 23.1 Å². The summed E-state index contributed by atoms with van der Waals surface area (Å²) in [6, 6.07) is 11.1. The Balaban J connectivity index is 1.86. The lowest BCUT2D eigenvalue weighted by Crippen LogP contribution is -2.17. The van der Waals surface area contributed by atoms with E-state index in [2.05, 4.69) is 65.3 Å². The summed E-state index contributed by atoms with van der Waals surface area (Å²) in [6.07, 6.45) is 1.18. The molecule has 108 valence electrons. The molecule has 20 heavy (non-hydrogen) atoms. The fraction of sp³-hybridized carbons (Fsp3) is 0.412. The van der Waals surface area contributed by atoms with E-state index < -0.39 is 0 Å². The van der Waals surface area contributed by atoms with Gasteiger partial charge in [-0.2, -0.15) is 11.3 Å². The van der Waals surface area contributed by atoms with Crippen LogP contribution in [0.3, 0.4) is 0 Å². The maximum Gasteiger partial charge on any atom is 0.0242 e. The zero-order valence-electron chi connectivity index (χ0n) is 12.4. The number of thiophene rings is 1. The summed E-state index contributed by atoms with van der Waals surface area (Å²) < 4.78 is 0. The first-order valence-electron chi connectivity index (χ1n) is 7.26. The molecular weight excluding hydrogens is 264 g/mol. The smallest absolute Gasteiger partial charge is 0.0242 e. The molecule has 2 aromatic rings. The summed E-state index contributed by atoms with van der Waals surface area (Å²) in [5.41, 5.74) is 4.16. The molecule has 1 heterocycles. The number of nitrogens with zero attached hydrogens (tertiary/aromatic N) is 1. The van der Waals surface area contributed by atoms with E-state index in [-0.39, 0.29) is 0 Å². The lowest BCUT2D eigenvalue weighted by atomic mass is 10.1. The van der Waals surface area contributed by atoms with E-state index in [1.807, 2.05) is 0 Å². The van der Waals surface area contributed by atoms with E-state index in [9.17, 15) is 0 Å². The normalized spacial score (nSPS) is 11.2. The van der Waals surface area contributed by atoms with E-state index in [0.29, 0.717) is 0 Å². The molecule has 0 spiro atoms. The van der Waals surface area contributed by atoms with E-state index in [0.717, 1.165) is 26.2 Å². The highest BCUT2D eigenvalue weighted by Gasteiger charge is 2.03. The van der Waals surface area contributed by atoms with Gasteiger partial charge < -0.3 is 5.32 Å². The van der Waals surface area contributed by atoms with Gasteiger partial charge in [0.2, 0.25) is 0 Å². The van der Waals surface area contributed by atoms with Gasteiger partial charge >= 0.3 is 0 Å². The van der Waals surface area contributed by atoms with Crippen LogP contribution in [0.25, 0.3) is 0 Å². The average molecular weight is 288 g/mol. The van der Waals surface area contributed by atoms with Crippen molar-refractivity contribution in [2.75, 3.05) is 13.6 Å². The van der Waals surface area contributed by atoms with Gasteiger partial charge in [-0.05, 0) is 53.5 Å². The first-order valence-corrected chi connectivity index (χ1v) is 8.20. The standard InChI is InChI=1S/C17H24N2S/c1-3-8-18-11-15-5-4-6-16(10-15)12-19(2)13-17-7-9-20-14-17/h4-7,9-10,14,18H,3,8,11-13H2,1-2H3. The largest absolute Gasteiger partial charge is 0.313 e. The zero-order chi connectivity index (χ0) is 14.2. The van der Waals surface area contributed by atoms with Crippen LogP contribution in [0.4, 0.5) is 0 Å². The summed E-state index contributed by atoms with van der Waals surface area (Å²) in [7, 11) is 2.18. The maximum absolute atomic E-state index is 3.46. The van der Waals surface area contributed by atoms with Crippen molar-refractivity contribution in [1.82, 2.24) is 10.2 Å². The van der Waals surface area contributed by atoms with Crippen molar-refractivity contribution < 1.29 is 0 Å². The van der Waals surface area contributed by atoms with Crippen molar-refractivity contribution in [3.05, 3.63) is 57.8 Å². The lowest BCUT2D eigenvalue weighted by molar-refractivity contribution is 0.319. The van der Waals surface area contributed by atoms with Crippen molar-refractivity contribution in [2.45, 2.75) is 33.0 Å². The van der Waals surface area contributed by atoms with Gasteiger partial charge in [0.25, 0.3) is 0 Å². The van der Waals surface area contributed by atoms with Crippen molar-refractivity contribution in [3.63, 3.8) is 0 Å². The third kappa shape index (κ3) is 5.08. The van der Waals surface area contributed by atoms with Crippen LogP contribution < -0.4 is 5.32 Å². The second kappa shape index (κ2) is 8.20. The predicted molar refractivity (Wildman–Crippen MR) is 87.9 cm³/mol. The Hall–Kier alpha value is -1.16. The first kappa shape index (κ1) is 15.2. The van der Waals surface area contributed by atoms with Gasteiger partial charge in [-0.25, -0.2) is 0 Å². The minimum atomic E-state index is 0.968. The minimum absolute atomic E-state index is 0.968. The Kier molecular flexibility index (Phi) is 6.25. The van der Waals surface area contributed by atoms with Gasteiger partial charge in [-0.1, -0.05) is 31.2 Å². The molecule has 0 saturated heterocycles. The van der Waals surface area contributed by atoms with E-state index >= 15 is 0 Å². The van der Waals surface area contributed by atoms with Crippen molar-refractivity contribution in [2.24, 2.45) is 0 Å². The van der Waals surface area contributed by atoms with E-state index in [1.54, 1.807) is 11.3 Å². The van der Waals surface area contributed by atoms with Crippen LogP contribution >= 0.6 is 11.3 Å². The highest BCUT2D eigenvalue weighted by atomic mass is 32.1. The molecule has 0 amide bonds. The summed E-state index contributed by atoms with van der Waals surface area (Å²) >= 11 is 1.77. The fourth-order valence-electron chi connectivity index (χ4n) is 2.31. The van der Waals surface area contributed by atoms with E-state index in [4.69, 9.17) is 0 Å². The summed E-state index contributed by atoms with van der Waals surface area (Å²) in [6.45, 7) is 6.26. The molecule has 0 atom stereocenters. The molecule has 0 aliphatic carbocycles. The second-order valence-corrected chi connectivity index (χ2v) is 6.08. The number of hydrogen-bond donors (Lipinski definition) is 1. The number of rotatable bonds is 8. The van der Waals surface area contributed by atoms with Crippen LogP contribution in [0.2, 0.25) is 0 Å². The highest BCUT2D eigenvalue weighted by molar-refractivity contribution is 7.07. The summed E-state index contributed by atoms with van der Waals surface area (Å²) in [5.74, 6) is 0. The van der Waals surface area contributed by atoms with Gasteiger partial charge in [0, 0.05) is 19.6 Å². The Morgan fingerprint density at radius 2 is 1.90 bits per heavy atom. The topological polar surface area (TPSA) is 15.3 Å². The molecule has 3 heteroatoms. The van der Waals surface area contributed by atoms with Crippen molar-refractivity contribution in [1.29, 1.82) is 0 Å². The van der Waals surface area contributed by atoms with Crippen LogP contribution in [-0.2, 0) is 19.6 Å². The second-order valence-electron chi connectivity index (χ2n) is 5.30. The van der Waals surface area contributed by atoms with Crippen LogP contribution in [0.5, 0.6) is 0 Å². The van der Waals surface area contributed by atoms with Crippen molar-refractivity contribution >= 4 is 11.3 Å². The quantitative estimate of drug-likeness (QED) is 0.742. The summed E-state index contributed by atoms with van der Waals surface area (Å²) in [5, 5.41) is 7.82. The van der Waals surface area contributed by atoms with Gasteiger partial charge in [-0.3, -0.25) is 4.90 Å². The van der Waals surface area contributed by atoms with Gasteiger partial charge in [0.15, 0.2) is 0 Å². The minimum Gasteiger partial charge on any atom is -0.313 e. The molecule has 0 aliphatic rings. The molecule has 1 N–H and O–H groups in total. The molecule has 0 aliphatic heterocycles. The molecule has 0 saturated carbocycles. The Labute approximate surface area is 126 Å². The molecular formula is C17H24N2S. The number of benzene rings is 1. The predicted octanol–water partition coefficient (Wildman–Crippen LogP) is 3.88. The Morgan fingerprint density at radius 3 is 2.65 bits per heavy atom. The van der Waals surface area contributed by atoms with Crippen LogP contribution in [0, 0.1) is 0 Å². The number of nitrogens with one attached hydrogen (secondary N) is 1. The lowest BCUT2D eigenvalue weighted by Gasteiger charge is -2.16. The summed E-state index contributed by atoms with van der Waals surface area (Å²) in [4.78, 5) is 2.36. The Morgan fingerprint density at radius 1 is 1.10 bits per heavy atom. The molecule has 2 nitrogen and oxygen atoms in total. The Bertz CT molecular complexity index is 493. The molecule has 0 bridgehead atoms. The maximum atomic E-state index is 3.46. The molecule has 0 unspecified atom stereocenters. The SMILES string of the molecule is CCCNCc1cccc(CN(C)Cc2ccsc2)c1. The zero-order valence-corrected chi connectivity index (χ0v) is 13.2. The van der Waals surface area contributed by atoms with Gasteiger partial charge in [0.05, 0.1) is 0 Å². The van der Waals surface area contributed by atoms with Crippen molar-refractivity contribution in [3.8, 4) is 0 Å².